The number of aromatic hydroxyl groups is 1. The van der Waals surface area contributed by atoms with E-state index < -0.39 is 36.5 Å². The van der Waals surface area contributed by atoms with Crippen molar-refractivity contribution < 1.29 is 33.6 Å². The summed E-state index contributed by atoms with van der Waals surface area (Å²) in [5.41, 5.74) is 4.03. The molecule has 7 heteroatoms. The number of esters is 1. The Morgan fingerprint density at radius 2 is 1.20 bits per heavy atom. The van der Waals surface area contributed by atoms with E-state index >= 15 is 0 Å². The molecule has 236 valence electrons. The summed E-state index contributed by atoms with van der Waals surface area (Å²) in [5, 5.41) is 12.9. The van der Waals surface area contributed by atoms with Gasteiger partial charge in [0.15, 0.2) is 0 Å². The topological polar surface area (TPSA) is 83.5 Å². The molecule has 6 rings (SSSR count). The van der Waals surface area contributed by atoms with Gasteiger partial charge in [0, 0.05) is 5.56 Å². The van der Waals surface area contributed by atoms with E-state index in [0.29, 0.717) is 30.9 Å². The van der Waals surface area contributed by atoms with Gasteiger partial charge in [0.05, 0.1) is 38.6 Å². The number of rotatable bonds is 11. The van der Waals surface area contributed by atoms with Gasteiger partial charge in [0.25, 0.3) is 0 Å². The van der Waals surface area contributed by atoms with Crippen LogP contribution in [0, 0.1) is 0 Å². The molecule has 1 heterocycles. The van der Waals surface area contributed by atoms with Gasteiger partial charge in [-0.25, -0.2) is 4.79 Å². The van der Waals surface area contributed by atoms with Crippen molar-refractivity contribution in [2.24, 2.45) is 0 Å². The number of methoxy groups -OCH3 is 1. The van der Waals surface area contributed by atoms with Gasteiger partial charge < -0.3 is 28.8 Å². The molecular formula is C39H38O7. The second kappa shape index (κ2) is 14.7. The van der Waals surface area contributed by atoms with Crippen LogP contribution < -0.4 is 0 Å². The second-order valence-electron chi connectivity index (χ2n) is 11.5. The fourth-order valence-electron chi connectivity index (χ4n) is 6.03. The van der Waals surface area contributed by atoms with E-state index in [-0.39, 0.29) is 5.75 Å². The van der Waals surface area contributed by atoms with Gasteiger partial charge >= 0.3 is 5.97 Å². The molecule has 1 aliphatic heterocycles. The van der Waals surface area contributed by atoms with E-state index in [0.717, 1.165) is 27.5 Å². The van der Waals surface area contributed by atoms with Gasteiger partial charge in [-0.05, 0) is 52.6 Å². The van der Waals surface area contributed by atoms with Crippen molar-refractivity contribution in [1.82, 2.24) is 0 Å². The summed E-state index contributed by atoms with van der Waals surface area (Å²) in [6.45, 7) is 2.97. The average molecular weight is 619 g/mol. The molecule has 0 saturated carbocycles. The highest BCUT2D eigenvalue weighted by molar-refractivity contribution is 5.97. The van der Waals surface area contributed by atoms with E-state index in [1.165, 1.54) is 7.11 Å². The van der Waals surface area contributed by atoms with E-state index in [1.807, 2.05) is 104 Å². The molecule has 0 amide bonds. The molecule has 0 radical (unpaired) electrons. The molecule has 1 aliphatic rings. The van der Waals surface area contributed by atoms with Crippen LogP contribution in [0.1, 0.15) is 45.6 Å². The molecule has 46 heavy (non-hydrogen) atoms. The highest BCUT2D eigenvalue weighted by Crippen LogP contribution is 2.44. The number of phenolic OH excluding ortho intramolecular Hbond substituents is 1. The zero-order valence-corrected chi connectivity index (χ0v) is 26.0. The maximum absolute atomic E-state index is 12.3. The number of hydrogen-bond donors (Lipinski definition) is 1. The highest BCUT2D eigenvalue weighted by Gasteiger charge is 2.48. The summed E-state index contributed by atoms with van der Waals surface area (Å²) in [7, 11) is 1.35. The van der Waals surface area contributed by atoms with Crippen molar-refractivity contribution in [2.45, 2.75) is 57.3 Å². The maximum atomic E-state index is 12.3. The number of benzene rings is 5. The van der Waals surface area contributed by atoms with E-state index in [9.17, 15) is 9.90 Å². The minimum atomic E-state index is -0.719. The third kappa shape index (κ3) is 7.14. The molecule has 0 aromatic heterocycles. The SMILES string of the molecule is COC(=O)c1ccc2c([C@@H]3O[C@@H](C)[C@@H](OCc4ccccc4)[C@@H](OCc4ccccc4)[C@@H]3OCc3ccccc3)c(O)ccc2c1. The van der Waals surface area contributed by atoms with Crippen molar-refractivity contribution in [3.05, 3.63) is 149 Å². The molecule has 5 atom stereocenters. The summed E-state index contributed by atoms with van der Waals surface area (Å²) < 4.78 is 31.8. The zero-order chi connectivity index (χ0) is 31.9. The first-order valence-electron chi connectivity index (χ1n) is 15.5. The van der Waals surface area contributed by atoms with E-state index in [2.05, 4.69) is 0 Å². The summed E-state index contributed by atoms with van der Waals surface area (Å²) in [4.78, 5) is 12.3. The lowest BCUT2D eigenvalue weighted by Crippen LogP contribution is -2.56. The van der Waals surface area contributed by atoms with Crippen molar-refractivity contribution in [3.8, 4) is 5.75 Å². The van der Waals surface area contributed by atoms with E-state index in [4.69, 9.17) is 23.7 Å². The van der Waals surface area contributed by atoms with Crippen LogP contribution in [0.25, 0.3) is 10.8 Å². The van der Waals surface area contributed by atoms with Crippen LogP contribution in [-0.4, -0.2) is 42.6 Å². The Kier molecular flexibility index (Phi) is 10.1. The van der Waals surface area contributed by atoms with Gasteiger partial charge in [-0.15, -0.1) is 0 Å². The summed E-state index contributed by atoms with van der Waals surface area (Å²) in [5.74, 6) is -0.370. The number of ether oxygens (including phenoxy) is 5. The van der Waals surface area contributed by atoms with Crippen LogP contribution >= 0.6 is 0 Å². The fourth-order valence-corrected chi connectivity index (χ4v) is 6.03. The number of carbonyl (C=O) groups excluding carboxylic acids is 1. The molecule has 0 bridgehead atoms. The Morgan fingerprint density at radius 3 is 1.74 bits per heavy atom. The smallest absolute Gasteiger partial charge is 0.337 e. The first kappa shape index (κ1) is 31.5. The largest absolute Gasteiger partial charge is 0.508 e. The lowest BCUT2D eigenvalue weighted by Gasteiger charge is -2.46. The Balaban J connectivity index is 1.41. The average Bonchev–Trinajstić information content (AvgIpc) is 3.10. The molecule has 7 nitrogen and oxygen atoms in total. The normalized spacial score (nSPS) is 21.2. The van der Waals surface area contributed by atoms with Gasteiger partial charge in [0.1, 0.15) is 30.2 Å². The van der Waals surface area contributed by atoms with Gasteiger partial charge in [0.2, 0.25) is 0 Å². The highest BCUT2D eigenvalue weighted by atomic mass is 16.6. The Hall–Kier alpha value is -4.53. The maximum Gasteiger partial charge on any atom is 0.337 e. The first-order valence-corrected chi connectivity index (χ1v) is 15.5. The van der Waals surface area contributed by atoms with Crippen molar-refractivity contribution in [1.29, 1.82) is 0 Å². The van der Waals surface area contributed by atoms with Crippen LogP contribution in [0.3, 0.4) is 0 Å². The van der Waals surface area contributed by atoms with Crippen LogP contribution in [0.4, 0.5) is 0 Å². The summed E-state index contributed by atoms with van der Waals surface area (Å²) in [6, 6.07) is 38.6. The molecular weight excluding hydrogens is 580 g/mol. The summed E-state index contributed by atoms with van der Waals surface area (Å²) in [6.07, 6.45) is -2.86. The standard InChI is InChI=1S/C39H38O7/c1-26-35(43-23-27-12-6-3-7-13-27)37(44-24-28-14-8-4-9-15-28)38(45-25-29-16-10-5-11-17-29)36(46-26)34-32-20-18-31(39(41)42-2)22-30(32)19-21-33(34)40/h3-22,26,35-38,40H,23-25H2,1-2H3/t26-,35+,36-,37+,38+/m0/s1. The minimum Gasteiger partial charge on any atom is -0.508 e. The number of carbonyl (C=O) groups is 1. The van der Waals surface area contributed by atoms with Crippen molar-refractivity contribution >= 4 is 16.7 Å². The predicted molar refractivity (Wildman–Crippen MR) is 175 cm³/mol. The third-order valence-corrected chi connectivity index (χ3v) is 8.37. The minimum absolute atomic E-state index is 0.0642. The summed E-state index contributed by atoms with van der Waals surface area (Å²) >= 11 is 0. The molecule has 0 unspecified atom stereocenters. The van der Waals surface area contributed by atoms with Crippen molar-refractivity contribution in [2.75, 3.05) is 7.11 Å². The molecule has 1 saturated heterocycles. The molecule has 5 aromatic carbocycles. The predicted octanol–water partition coefficient (Wildman–Crippen LogP) is 7.55. The third-order valence-electron chi connectivity index (χ3n) is 8.37. The quantitative estimate of drug-likeness (QED) is 0.153. The Bertz CT molecular complexity index is 1730. The van der Waals surface area contributed by atoms with Gasteiger partial charge in [-0.3, -0.25) is 0 Å². The van der Waals surface area contributed by atoms with Crippen LogP contribution in [0.2, 0.25) is 0 Å². The van der Waals surface area contributed by atoms with Crippen LogP contribution in [-0.2, 0) is 43.5 Å². The van der Waals surface area contributed by atoms with E-state index in [1.54, 1.807) is 24.3 Å². The monoisotopic (exact) mass is 618 g/mol. The van der Waals surface area contributed by atoms with Gasteiger partial charge in [-0.1, -0.05) is 103 Å². The number of hydrogen-bond acceptors (Lipinski definition) is 7. The Morgan fingerprint density at radius 1 is 0.674 bits per heavy atom. The Labute approximate surface area is 269 Å². The molecule has 0 aliphatic carbocycles. The number of phenols is 1. The molecule has 0 spiro atoms. The molecule has 5 aromatic rings. The lowest BCUT2D eigenvalue weighted by molar-refractivity contribution is -0.263. The number of fused-ring (bicyclic) bond motifs is 1. The molecule has 1 fully saturated rings. The van der Waals surface area contributed by atoms with Crippen molar-refractivity contribution in [3.63, 3.8) is 0 Å². The van der Waals surface area contributed by atoms with Crippen LogP contribution in [0.15, 0.2) is 121 Å². The first-order chi connectivity index (χ1) is 22.5. The van der Waals surface area contributed by atoms with Crippen LogP contribution in [0.5, 0.6) is 5.75 Å². The lowest BCUT2D eigenvalue weighted by atomic mass is 9.87. The van der Waals surface area contributed by atoms with Gasteiger partial charge in [-0.2, -0.15) is 0 Å². The second-order valence-corrected chi connectivity index (χ2v) is 11.5. The fraction of sp³-hybridized carbons (Fsp3) is 0.256. The molecule has 1 N–H and O–H groups in total. The zero-order valence-electron chi connectivity index (χ0n) is 26.0.